The van der Waals surface area contributed by atoms with E-state index >= 15 is 0 Å². The van der Waals surface area contributed by atoms with Gasteiger partial charge in [-0.05, 0) is 43.3 Å². The van der Waals surface area contributed by atoms with Crippen LogP contribution in [0.4, 0.5) is 13.2 Å². The summed E-state index contributed by atoms with van der Waals surface area (Å²) in [6.07, 6.45) is -4.63. The van der Waals surface area contributed by atoms with Gasteiger partial charge in [-0.15, -0.1) is 13.2 Å². The molecule has 0 heterocycles. The fourth-order valence-electron chi connectivity index (χ4n) is 0.827. The quantitative estimate of drug-likeness (QED) is 0.796. The van der Waals surface area contributed by atoms with Crippen molar-refractivity contribution in [2.75, 3.05) is 7.05 Å². The van der Waals surface area contributed by atoms with E-state index in [1.165, 1.54) is 24.1 Å². The van der Waals surface area contributed by atoms with Crippen molar-refractivity contribution in [3.05, 3.63) is 24.3 Å². The molecule has 0 aliphatic heterocycles. The molecule has 0 unspecified atom stereocenters. The number of benzene rings is 1. The molecule has 1 aromatic carbocycles. The van der Waals surface area contributed by atoms with E-state index in [0.717, 1.165) is 4.90 Å². The van der Waals surface area contributed by atoms with Crippen LogP contribution in [0.1, 0.15) is 0 Å². The van der Waals surface area contributed by atoms with Gasteiger partial charge < -0.3 is 4.74 Å². The molecule has 78 valence electrons. The molecule has 0 bridgehead atoms. The number of nitrogens with one attached hydrogen (secondary N) is 1. The van der Waals surface area contributed by atoms with Gasteiger partial charge in [0.05, 0.1) is 0 Å². The normalized spacial score (nSPS) is 11.4. The number of hydrogen-bond donors (Lipinski definition) is 1. The third-order valence-corrected chi connectivity index (χ3v) is 1.99. The molecule has 6 heteroatoms. The molecule has 0 aromatic heterocycles. The van der Waals surface area contributed by atoms with Crippen LogP contribution in [-0.2, 0) is 0 Å². The summed E-state index contributed by atoms with van der Waals surface area (Å²) in [6.45, 7) is 0. The Hall–Kier alpha value is -0.880. The molecular formula is C8H8F3NOS. The Morgan fingerprint density at radius 3 is 2.21 bits per heavy atom. The second kappa shape index (κ2) is 4.56. The van der Waals surface area contributed by atoms with Gasteiger partial charge in [-0.2, -0.15) is 0 Å². The van der Waals surface area contributed by atoms with Crippen LogP contribution in [0.3, 0.4) is 0 Å². The molecule has 1 rings (SSSR count). The van der Waals surface area contributed by atoms with Crippen LogP contribution >= 0.6 is 11.9 Å². The highest BCUT2D eigenvalue weighted by Gasteiger charge is 2.30. The van der Waals surface area contributed by atoms with Gasteiger partial charge in [0, 0.05) is 4.90 Å². The molecular weight excluding hydrogens is 215 g/mol. The summed E-state index contributed by atoms with van der Waals surface area (Å²) in [5.41, 5.74) is 0. The molecule has 0 radical (unpaired) electrons. The first kappa shape index (κ1) is 11.2. The van der Waals surface area contributed by atoms with Crippen molar-refractivity contribution in [3.8, 4) is 5.75 Å². The maximum atomic E-state index is 11.8. The van der Waals surface area contributed by atoms with E-state index in [-0.39, 0.29) is 5.75 Å². The van der Waals surface area contributed by atoms with Crippen molar-refractivity contribution in [3.63, 3.8) is 0 Å². The molecule has 1 aromatic rings. The Labute approximate surface area is 83.6 Å². The molecule has 0 amide bonds. The van der Waals surface area contributed by atoms with Crippen LogP contribution in [0, 0.1) is 0 Å². The minimum Gasteiger partial charge on any atom is -0.406 e. The van der Waals surface area contributed by atoms with E-state index in [9.17, 15) is 13.2 Å². The largest absolute Gasteiger partial charge is 0.573 e. The van der Waals surface area contributed by atoms with E-state index in [1.54, 1.807) is 19.2 Å². The average Bonchev–Trinajstić information content (AvgIpc) is 2.06. The number of alkyl halides is 3. The zero-order valence-corrected chi connectivity index (χ0v) is 8.08. The van der Waals surface area contributed by atoms with Gasteiger partial charge in [-0.1, -0.05) is 0 Å². The number of rotatable bonds is 3. The smallest absolute Gasteiger partial charge is 0.406 e. The van der Waals surface area contributed by atoms with Gasteiger partial charge >= 0.3 is 6.36 Å². The number of ether oxygens (including phenoxy) is 1. The fourth-order valence-corrected chi connectivity index (χ4v) is 1.34. The summed E-state index contributed by atoms with van der Waals surface area (Å²) < 4.78 is 41.8. The van der Waals surface area contributed by atoms with E-state index in [1.807, 2.05) is 0 Å². The van der Waals surface area contributed by atoms with Crippen LogP contribution in [-0.4, -0.2) is 13.4 Å². The highest BCUT2D eigenvalue weighted by atomic mass is 32.2. The standard InChI is InChI=1S/C8H8F3NOS/c1-12-14-7-4-2-6(3-5-7)13-8(9,10)11/h2-5,12H,1H3. The lowest BCUT2D eigenvalue weighted by Crippen LogP contribution is -2.16. The minimum absolute atomic E-state index is 0.210. The van der Waals surface area contributed by atoms with Crippen LogP contribution in [0.2, 0.25) is 0 Å². The van der Waals surface area contributed by atoms with Crippen LogP contribution in [0.15, 0.2) is 29.2 Å². The second-order valence-electron chi connectivity index (χ2n) is 2.33. The van der Waals surface area contributed by atoms with Gasteiger partial charge in [0.15, 0.2) is 0 Å². The third kappa shape index (κ3) is 3.89. The predicted octanol–water partition coefficient (Wildman–Crippen LogP) is 2.81. The van der Waals surface area contributed by atoms with Crippen molar-refractivity contribution < 1.29 is 17.9 Å². The summed E-state index contributed by atoms with van der Waals surface area (Å²) in [6, 6.07) is 5.63. The number of halogens is 3. The molecule has 0 saturated carbocycles. The Morgan fingerprint density at radius 1 is 1.21 bits per heavy atom. The third-order valence-electron chi connectivity index (χ3n) is 1.28. The lowest BCUT2D eigenvalue weighted by molar-refractivity contribution is -0.274. The summed E-state index contributed by atoms with van der Waals surface area (Å²) in [7, 11) is 1.73. The van der Waals surface area contributed by atoms with Crippen molar-refractivity contribution in [1.29, 1.82) is 0 Å². The van der Waals surface area contributed by atoms with E-state index in [2.05, 4.69) is 9.46 Å². The van der Waals surface area contributed by atoms with Crippen molar-refractivity contribution in [1.82, 2.24) is 4.72 Å². The minimum atomic E-state index is -4.63. The average molecular weight is 223 g/mol. The molecule has 0 spiro atoms. The van der Waals surface area contributed by atoms with Gasteiger partial charge in [0.2, 0.25) is 0 Å². The topological polar surface area (TPSA) is 21.3 Å². The van der Waals surface area contributed by atoms with Gasteiger partial charge in [0.1, 0.15) is 5.75 Å². The lowest BCUT2D eigenvalue weighted by Gasteiger charge is -2.08. The summed E-state index contributed by atoms with van der Waals surface area (Å²) >= 11 is 1.32. The first-order chi connectivity index (χ1) is 6.51. The monoisotopic (exact) mass is 223 g/mol. The number of hydrogen-bond acceptors (Lipinski definition) is 3. The van der Waals surface area contributed by atoms with Gasteiger partial charge in [0.25, 0.3) is 0 Å². The Kier molecular flexibility index (Phi) is 3.65. The van der Waals surface area contributed by atoms with E-state index < -0.39 is 6.36 Å². The van der Waals surface area contributed by atoms with Gasteiger partial charge in [-0.25, -0.2) is 0 Å². The van der Waals surface area contributed by atoms with Crippen molar-refractivity contribution in [2.45, 2.75) is 11.3 Å². The van der Waals surface area contributed by atoms with Crippen molar-refractivity contribution in [2.24, 2.45) is 0 Å². The molecule has 0 aliphatic rings. The first-order valence-electron chi connectivity index (χ1n) is 3.70. The highest BCUT2D eigenvalue weighted by Crippen LogP contribution is 2.24. The molecule has 2 nitrogen and oxygen atoms in total. The SMILES string of the molecule is CNSc1ccc(OC(F)(F)F)cc1. The molecule has 0 saturated heterocycles. The summed E-state index contributed by atoms with van der Waals surface area (Å²) in [5, 5.41) is 0. The van der Waals surface area contributed by atoms with Crippen LogP contribution < -0.4 is 9.46 Å². The second-order valence-corrected chi connectivity index (χ2v) is 3.41. The maximum absolute atomic E-state index is 11.8. The molecule has 0 fully saturated rings. The Balaban J connectivity index is 2.64. The summed E-state index contributed by atoms with van der Waals surface area (Å²) in [4.78, 5) is 0.821. The lowest BCUT2D eigenvalue weighted by atomic mass is 10.3. The zero-order chi connectivity index (χ0) is 10.6. The van der Waals surface area contributed by atoms with Crippen molar-refractivity contribution >= 4 is 11.9 Å². The van der Waals surface area contributed by atoms with Crippen LogP contribution in [0.5, 0.6) is 5.75 Å². The van der Waals surface area contributed by atoms with E-state index in [4.69, 9.17) is 0 Å². The molecule has 14 heavy (non-hydrogen) atoms. The molecule has 0 atom stereocenters. The highest BCUT2D eigenvalue weighted by molar-refractivity contribution is 7.97. The first-order valence-corrected chi connectivity index (χ1v) is 4.52. The van der Waals surface area contributed by atoms with Crippen LogP contribution in [0.25, 0.3) is 0 Å². The molecule has 1 N–H and O–H groups in total. The zero-order valence-electron chi connectivity index (χ0n) is 7.26. The van der Waals surface area contributed by atoms with Gasteiger partial charge in [-0.3, -0.25) is 4.72 Å². The predicted molar refractivity (Wildman–Crippen MR) is 48.0 cm³/mol. The summed E-state index contributed by atoms with van der Waals surface area (Å²) in [5.74, 6) is -0.210. The Morgan fingerprint density at radius 2 is 1.79 bits per heavy atom. The maximum Gasteiger partial charge on any atom is 0.573 e. The fraction of sp³-hybridized carbons (Fsp3) is 0.250. The Bertz CT molecular complexity index is 286. The molecule has 0 aliphatic carbocycles. The van der Waals surface area contributed by atoms with E-state index in [0.29, 0.717) is 0 Å².